The second-order valence-electron chi connectivity index (χ2n) is 4.42. The molecule has 1 aliphatic carbocycles. The van der Waals surface area contributed by atoms with Crippen molar-refractivity contribution in [3.05, 3.63) is 28.2 Å². The van der Waals surface area contributed by atoms with Crippen LogP contribution < -0.4 is 5.32 Å². The summed E-state index contributed by atoms with van der Waals surface area (Å²) >= 11 is 12.1. The van der Waals surface area contributed by atoms with Crippen molar-refractivity contribution in [1.29, 1.82) is 5.26 Å². The Labute approximate surface area is 112 Å². The van der Waals surface area contributed by atoms with E-state index in [9.17, 15) is 0 Å². The first-order chi connectivity index (χ1) is 8.20. The zero-order chi connectivity index (χ0) is 12.3. The number of anilines is 1. The summed E-state index contributed by atoms with van der Waals surface area (Å²) < 4.78 is 0. The van der Waals surface area contributed by atoms with E-state index in [1.807, 2.05) is 12.1 Å². The molecule has 2 rings (SSSR count). The standard InChI is InChI=1S/C13H14Cl2N2/c14-11-2-1-3-12(13(11)15)17-10-6-4-9(8-16)5-7-10/h1-3,9-10,17H,4-7H2. The van der Waals surface area contributed by atoms with Crippen LogP contribution in [0.15, 0.2) is 18.2 Å². The molecule has 1 fully saturated rings. The maximum absolute atomic E-state index is 8.84. The number of nitrogens with zero attached hydrogens (tertiary/aromatic N) is 1. The quantitative estimate of drug-likeness (QED) is 0.858. The van der Waals surface area contributed by atoms with E-state index in [0.717, 1.165) is 31.4 Å². The second kappa shape index (κ2) is 5.62. The van der Waals surface area contributed by atoms with Gasteiger partial charge in [-0.1, -0.05) is 29.3 Å². The zero-order valence-corrected chi connectivity index (χ0v) is 10.9. The van der Waals surface area contributed by atoms with E-state index in [1.165, 1.54) is 0 Å². The maximum Gasteiger partial charge on any atom is 0.0823 e. The van der Waals surface area contributed by atoms with Gasteiger partial charge >= 0.3 is 0 Å². The van der Waals surface area contributed by atoms with E-state index in [0.29, 0.717) is 16.1 Å². The molecule has 1 N–H and O–H groups in total. The molecule has 1 aromatic carbocycles. The largest absolute Gasteiger partial charge is 0.381 e. The van der Waals surface area contributed by atoms with Gasteiger partial charge in [-0.25, -0.2) is 0 Å². The Morgan fingerprint density at radius 2 is 1.88 bits per heavy atom. The van der Waals surface area contributed by atoms with E-state index in [1.54, 1.807) is 6.07 Å². The lowest BCUT2D eigenvalue weighted by atomic mass is 9.87. The minimum atomic E-state index is 0.225. The molecule has 0 heterocycles. The van der Waals surface area contributed by atoms with Gasteiger partial charge in [0.25, 0.3) is 0 Å². The fourth-order valence-electron chi connectivity index (χ4n) is 2.20. The van der Waals surface area contributed by atoms with E-state index < -0.39 is 0 Å². The Morgan fingerprint density at radius 3 is 2.53 bits per heavy atom. The van der Waals surface area contributed by atoms with Gasteiger partial charge < -0.3 is 5.32 Å². The van der Waals surface area contributed by atoms with Crippen molar-refractivity contribution < 1.29 is 0 Å². The monoisotopic (exact) mass is 268 g/mol. The van der Waals surface area contributed by atoms with Crippen LogP contribution in [0.3, 0.4) is 0 Å². The van der Waals surface area contributed by atoms with Crippen LogP contribution in [-0.4, -0.2) is 6.04 Å². The molecule has 0 atom stereocenters. The lowest BCUT2D eigenvalue weighted by Crippen LogP contribution is -2.25. The Hall–Kier alpha value is -0.910. The van der Waals surface area contributed by atoms with Gasteiger partial charge in [0, 0.05) is 12.0 Å². The molecule has 4 heteroatoms. The van der Waals surface area contributed by atoms with Gasteiger partial charge in [-0.05, 0) is 37.8 Å². The van der Waals surface area contributed by atoms with Crippen molar-refractivity contribution >= 4 is 28.9 Å². The number of hydrogen-bond acceptors (Lipinski definition) is 2. The third-order valence-electron chi connectivity index (χ3n) is 3.22. The van der Waals surface area contributed by atoms with Gasteiger partial charge in [-0.3, -0.25) is 0 Å². The smallest absolute Gasteiger partial charge is 0.0823 e. The molecule has 1 aromatic rings. The summed E-state index contributed by atoms with van der Waals surface area (Å²) in [5, 5.41) is 13.4. The normalized spacial score (nSPS) is 24.1. The van der Waals surface area contributed by atoms with Gasteiger partial charge in [0.1, 0.15) is 0 Å². The number of halogens is 2. The minimum Gasteiger partial charge on any atom is -0.381 e. The summed E-state index contributed by atoms with van der Waals surface area (Å²) in [7, 11) is 0. The highest BCUT2D eigenvalue weighted by Crippen LogP contribution is 2.32. The highest BCUT2D eigenvalue weighted by molar-refractivity contribution is 6.43. The molecular formula is C13H14Cl2N2. The summed E-state index contributed by atoms with van der Waals surface area (Å²) in [6.45, 7) is 0. The number of benzene rings is 1. The first-order valence-electron chi connectivity index (χ1n) is 5.81. The molecule has 0 spiro atoms. The first-order valence-corrected chi connectivity index (χ1v) is 6.56. The Bertz CT molecular complexity index is 432. The lowest BCUT2D eigenvalue weighted by Gasteiger charge is -2.27. The summed E-state index contributed by atoms with van der Waals surface area (Å²) in [6, 6.07) is 8.33. The van der Waals surface area contributed by atoms with E-state index in [-0.39, 0.29) is 5.92 Å². The number of nitrogens with one attached hydrogen (secondary N) is 1. The van der Waals surface area contributed by atoms with Crippen molar-refractivity contribution in [2.24, 2.45) is 5.92 Å². The van der Waals surface area contributed by atoms with Crippen LogP contribution in [0.2, 0.25) is 10.0 Å². The van der Waals surface area contributed by atoms with Gasteiger partial charge in [-0.2, -0.15) is 5.26 Å². The number of nitriles is 1. The zero-order valence-electron chi connectivity index (χ0n) is 9.42. The molecule has 1 aliphatic rings. The predicted molar refractivity (Wildman–Crippen MR) is 71.4 cm³/mol. The fourth-order valence-corrected chi connectivity index (χ4v) is 2.56. The Morgan fingerprint density at radius 1 is 1.18 bits per heavy atom. The first kappa shape index (κ1) is 12.5. The topological polar surface area (TPSA) is 35.8 Å². The minimum absolute atomic E-state index is 0.225. The Kier molecular flexibility index (Phi) is 4.15. The average Bonchev–Trinajstić information content (AvgIpc) is 2.36. The molecule has 0 aromatic heterocycles. The van der Waals surface area contributed by atoms with Crippen LogP contribution in [-0.2, 0) is 0 Å². The maximum atomic E-state index is 8.84. The Balaban J connectivity index is 1.98. The molecule has 0 saturated heterocycles. The SMILES string of the molecule is N#CC1CCC(Nc2cccc(Cl)c2Cl)CC1. The van der Waals surface area contributed by atoms with Crippen LogP contribution >= 0.6 is 23.2 Å². The summed E-state index contributed by atoms with van der Waals surface area (Å²) in [5.74, 6) is 0.225. The molecule has 2 nitrogen and oxygen atoms in total. The van der Waals surface area contributed by atoms with Gasteiger partial charge in [0.15, 0.2) is 0 Å². The molecule has 1 saturated carbocycles. The van der Waals surface area contributed by atoms with Crippen LogP contribution in [0.4, 0.5) is 5.69 Å². The third-order valence-corrected chi connectivity index (χ3v) is 4.04. The highest BCUT2D eigenvalue weighted by atomic mass is 35.5. The van der Waals surface area contributed by atoms with E-state index in [4.69, 9.17) is 28.5 Å². The van der Waals surface area contributed by atoms with E-state index >= 15 is 0 Å². The average molecular weight is 269 g/mol. The third kappa shape index (κ3) is 3.06. The summed E-state index contributed by atoms with van der Waals surface area (Å²) in [4.78, 5) is 0. The van der Waals surface area contributed by atoms with Crippen molar-refractivity contribution in [3.8, 4) is 6.07 Å². The van der Waals surface area contributed by atoms with Crippen LogP contribution in [0.5, 0.6) is 0 Å². The molecule has 0 radical (unpaired) electrons. The highest BCUT2D eigenvalue weighted by Gasteiger charge is 2.21. The molecule has 0 amide bonds. The van der Waals surface area contributed by atoms with Gasteiger partial charge in [0.05, 0.1) is 21.8 Å². The van der Waals surface area contributed by atoms with Crippen molar-refractivity contribution in [2.45, 2.75) is 31.7 Å². The molecule has 0 bridgehead atoms. The number of rotatable bonds is 2. The predicted octanol–water partition coefficient (Wildman–Crippen LogP) is 4.49. The molecule has 17 heavy (non-hydrogen) atoms. The summed E-state index contributed by atoms with van der Waals surface area (Å²) in [6.07, 6.45) is 3.96. The second-order valence-corrected chi connectivity index (χ2v) is 5.21. The van der Waals surface area contributed by atoms with Gasteiger partial charge in [-0.15, -0.1) is 0 Å². The molecule has 0 aliphatic heterocycles. The van der Waals surface area contributed by atoms with Crippen LogP contribution in [0, 0.1) is 17.2 Å². The molecule has 0 unspecified atom stereocenters. The van der Waals surface area contributed by atoms with Crippen molar-refractivity contribution in [1.82, 2.24) is 0 Å². The fraction of sp³-hybridized carbons (Fsp3) is 0.462. The molecule has 90 valence electrons. The van der Waals surface area contributed by atoms with Gasteiger partial charge in [0.2, 0.25) is 0 Å². The van der Waals surface area contributed by atoms with E-state index in [2.05, 4.69) is 11.4 Å². The van der Waals surface area contributed by atoms with Crippen molar-refractivity contribution in [3.63, 3.8) is 0 Å². The van der Waals surface area contributed by atoms with Crippen LogP contribution in [0.1, 0.15) is 25.7 Å². The summed E-state index contributed by atoms with van der Waals surface area (Å²) in [5.41, 5.74) is 0.888. The van der Waals surface area contributed by atoms with Crippen molar-refractivity contribution in [2.75, 3.05) is 5.32 Å². The molecular weight excluding hydrogens is 255 g/mol. The lowest BCUT2D eigenvalue weighted by molar-refractivity contribution is 0.397. The van der Waals surface area contributed by atoms with Crippen LogP contribution in [0.25, 0.3) is 0 Å². The number of hydrogen-bond donors (Lipinski definition) is 1.